The summed E-state index contributed by atoms with van der Waals surface area (Å²) in [4.78, 5) is 16.3. The first-order valence-electron chi connectivity index (χ1n) is 8.27. The van der Waals surface area contributed by atoms with Crippen LogP contribution in [0.2, 0.25) is 0 Å². The van der Waals surface area contributed by atoms with Crippen LogP contribution >= 0.6 is 0 Å². The van der Waals surface area contributed by atoms with Gasteiger partial charge in [0.2, 0.25) is 0 Å². The van der Waals surface area contributed by atoms with E-state index in [-0.39, 0.29) is 0 Å². The van der Waals surface area contributed by atoms with Crippen LogP contribution < -0.4 is 4.90 Å². The Labute approximate surface area is 134 Å². The molecule has 6 nitrogen and oxygen atoms in total. The SMILES string of the molecule is c1ccc2nc(N3CCc4nc(C5CC5)nn4CC3)cnc2c1. The number of anilines is 1. The van der Waals surface area contributed by atoms with E-state index >= 15 is 0 Å². The van der Waals surface area contributed by atoms with Crippen molar-refractivity contribution >= 4 is 16.9 Å². The van der Waals surface area contributed by atoms with Gasteiger partial charge in [0.05, 0.1) is 23.8 Å². The molecule has 1 fully saturated rings. The highest BCUT2D eigenvalue weighted by Gasteiger charge is 2.29. The number of rotatable bonds is 2. The summed E-state index contributed by atoms with van der Waals surface area (Å²) < 4.78 is 2.09. The van der Waals surface area contributed by atoms with E-state index in [4.69, 9.17) is 15.1 Å². The predicted molar refractivity (Wildman–Crippen MR) is 87.5 cm³/mol. The van der Waals surface area contributed by atoms with Gasteiger partial charge in [-0.05, 0) is 25.0 Å². The van der Waals surface area contributed by atoms with Gasteiger partial charge in [-0.2, -0.15) is 5.10 Å². The minimum absolute atomic E-state index is 0.622. The molecule has 1 saturated carbocycles. The van der Waals surface area contributed by atoms with E-state index < -0.39 is 0 Å². The van der Waals surface area contributed by atoms with E-state index in [0.29, 0.717) is 5.92 Å². The first kappa shape index (κ1) is 13.0. The second-order valence-electron chi connectivity index (χ2n) is 6.34. The Kier molecular flexibility index (Phi) is 2.83. The zero-order valence-corrected chi connectivity index (χ0v) is 12.9. The van der Waals surface area contributed by atoms with E-state index in [2.05, 4.69) is 14.6 Å². The number of aromatic nitrogens is 5. The Bertz CT molecular complexity index is 841. The molecule has 0 radical (unpaired) electrons. The average Bonchev–Trinajstić information content (AvgIpc) is 3.39. The summed E-state index contributed by atoms with van der Waals surface area (Å²) in [5, 5.41) is 4.69. The molecule has 0 amide bonds. The summed E-state index contributed by atoms with van der Waals surface area (Å²) >= 11 is 0. The van der Waals surface area contributed by atoms with E-state index in [1.54, 1.807) is 0 Å². The number of benzene rings is 1. The molecule has 0 N–H and O–H groups in total. The van der Waals surface area contributed by atoms with Crippen molar-refractivity contribution in [2.75, 3.05) is 18.0 Å². The minimum atomic E-state index is 0.622. The molecule has 23 heavy (non-hydrogen) atoms. The molecule has 3 heterocycles. The molecular weight excluding hydrogens is 288 g/mol. The van der Waals surface area contributed by atoms with Crippen molar-refractivity contribution in [3.63, 3.8) is 0 Å². The second-order valence-corrected chi connectivity index (χ2v) is 6.34. The maximum atomic E-state index is 4.76. The van der Waals surface area contributed by atoms with Gasteiger partial charge in [0, 0.05) is 25.4 Å². The predicted octanol–water partition coefficient (Wildman–Crippen LogP) is 2.16. The van der Waals surface area contributed by atoms with Gasteiger partial charge in [-0.25, -0.2) is 14.6 Å². The molecule has 5 rings (SSSR count). The summed E-state index contributed by atoms with van der Waals surface area (Å²) in [5.41, 5.74) is 1.89. The van der Waals surface area contributed by atoms with Gasteiger partial charge >= 0.3 is 0 Å². The second kappa shape index (κ2) is 5.01. The lowest BCUT2D eigenvalue weighted by molar-refractivity contribution is 0.602. The quantitative estimate of drug-likeness (QED) is 0.726. The van der Waals surface area contributed by atoms with Crippen molar-refractivity contribution in [3.05, 3.63) is 42.1 Å². The fourth-order valence-corrected chi connectivity index (χ4v) is 3.16. The topological polar surface area (TPSA) is 59.7 Å². The monoisotopic (exact) mass is 306 g/mol. The number of nitrogens with zero attached hydrogens (tertiary/aromatic N) is 6. The molecule has 0 atom stereocenters. The van der Waals surface area contributed by atoms with E-state index in [9.17, 15) is 0 Å². The third kappa shape index (κ3) is 2.34. The lowest BCUT2D eigenvalue weighted by Crippen LogP contribution is -2.27. The first-order chi connectivity index (χ1) is 11.4. The standard InChI is InChI=1S/C17H18N6/c1-2-4-14-13(3-1)18-11-16(19-14)22-8-7-15-20-17(12-5-6-12)21-23(15)10-9-22/h1-4,11-12H,5-10H2. The van der Waals surface area contributed by atoms with Crippen LogP contribution in [0, 0.1) is 0 Å². The third-order valence-electron chi connectivity index (χ3n) is 4.65. The summed E-state index contributed by atoms with van der Waals surface area (Å²) in [6, 6.07) is 8.00. The third-order valence-corrected chi connectivity index (χ3v) is 4.65. The van der Waals surface area contributed by atoms with Crippen molar-refractivity contribution in [3.8, 4) is 0 Å². The molecule has 1 aromatic carbocycles. The summed E-state index contributed by atoms with van der Waals surface area (Å²) in [7, 11) is 0. The van der Waals surface area contributed by atoms with Gasteiger partial charge in [0.15, 0.2) is 5.82 Å². The highest BCUT2D eigenvalue weighted by atomic mass is 15.4. The van der Waals surface area contributed by atoms with Crippen LogP contribution in [0.5, 0.6) is 0 Å². The normalized spacial score (nSPS) is 18.0. The molecule has 0 bridgehead atoms. The highest BCUT2D eigenvalue weighted by Crippen LogP contribution is 2.38. The number of hydrogen-bond acceptors (Lipinski definition) is 5. The largest absolute Gasteiger partial charge is 0.353 e. The molecule has 6 heteroatoms. The summed E-state index contributed by atoms with van der Waals surface area (Å²) in [5.74, 6) is 3.73. The van der Waals surface area contributed by atoms with E-state index in [1.807, 2.05) is 30.5 Å². The van der Waals surface area contributed by atoms with Gasteiger partial charge in [-0.3, -0.25) is 4.98 Å². The fourth-order valence-electron chi connectivity index (χ4n) is 3.16. The molecule has 1 aliphatic carbocycles. The number of fused-ring (bicyclic) bond motifs is 2. The van der Waals surface area contributed by atoms with Crippen LogP contribution in [0.4, 0.5) is 5.82 Å². The van der Waals surface area contributed by atoms with Gasteiger partial charge in [-0.1, -0.05) is 12.1 Å². The summed E-state index contributed by atoms with van der Waals surface area (Å²) in [6.45, 7) is 2.67. The maximum absolute atomic E-state index is 4.76. The van der Waals surface area contributed by atoms with Crippen molar-refractivity contribution < 1.29 is 0 Å². The zero-order chi connectivity index (χ0) is 15.2. The van der Waals surface area contributed by atoms with E-state index in [0.717, 1.165) is 54.6 Å². The Morgan fingerprint density at radius 3 is 2.70 bits per heavy atom. The molecule has 116 valence electrons. The van der Waals surface area contributed by atoms with Crippen LogP contribution in [0.3, 0.4) is 0 Å². The number of hydrogen-bond donors (Lipinski definition) is 0. The Morgan fingerprint density at radius 1 is 0.957 bits per heavy atom. The smallest absolute Gasteiger partial charge is 0.154 e. The van der Waals surface area contributed by atoms with Crippen LogP contribution in [0.15, 0.2) is 30.5 Å². The summed E-state index contributed by atoms with van der Waals surface area (Å²) in [6.07, 6.45) is 5.29. The lowest BCUT2D eigenvalue weighted by Gasteiger charge is -2.20. The van der Waals surface area contributed by atoms with E-state index in [1.165, 1.54) is 12.8 Å². The van der Waals surface area contributed by atoms with Crippen LogP contribution in [0.25, 0.3) is 11.0 Å². The Hall–Kier alpha value is -2.50. The van der Waals surface area contributed by atoms with Crippen LogP contribution in [0.1, 0.15) is 30.4 Å². The highest BCUT2D eigenvalue weighted by molar-refractivity contribution is 5.75. The average molecular weight is 306 g/mol. The van der Waals surface area contributed by atoms with Gasteiger partial charge in [0.25, 0.3) is 0 Å². The maximum Gasteiger partial charge on any atom is 0.154 e. The molecule has 0 unspecified atom stereocenters. The fraction of sp³-hybridized carbons (Fsp3) is 0.412. The molecule has 3 aromatic rings. The molecular formula is C17H18N6. The Morgan fingerprint density at radius 2 is 1.83 bits per heavy atom. The lowest BCUT2D eigenvalue weighted by atomic mass is 10.3. The van der Waals surface area contributed by atoms with Crippen molar-refractivity contribution in [2.24, 2.45) is 0 Å². The molecule has 2 aromatic heterocycles. The molecule has 0 saturated heterocycles. The van der Waals surface area contributed by atoms with Crippen LogP contribution in [-0.2, 0) is 13.0 Å². The molecule has 0 spiro atoms. The molecule has 1 aliphatic heterocycles. The van der Waals surface area contributed by atoms with Gasteiger partial charge in [-0.15, -0.1) is 0 Å². The number of para-hydroxylation sites is 2. The van der Waals surface area contributed by atoms with Crippen molar-refractivity contribution in [1.29, 1.82) is 0 Å². The van der Waals surface area contributed by atoms with Gasteiger partial charge in [0.1, 0.15) is 11.6 Å². The van der Waals surface area contributed by atoms with Crippen molar-refractivity contribution in [2.45, 2.75) is 31.7 Å². The molecule has 2 aliphatic rings. The van der Waals surface area contributed by atoms with Gasteiger partial charge < -0.3 is 4.90 Å². The van der Waals surface area contributed by atoms with Crippen molar-refractivity contribution in [1.82, 2.24) is 24.7 Å². The Balaban J connectivity index is 1.40. The van der Waals surface area contributed by atoms with Crippen LogP contribution in [-0.4, -0.2) is 37.8 Å². The zero-order valence-electron chi connectivity index (χ0n) is 12.9. The first-order valence-corrected chi connectivity index (χ1v) is 8.27. The minimum Gasteiger partial charge on any atom is -0.353 e.